The number of nitrogens with one attached hydrogen (secondary N) is 1. The lowest BCUT2D eigenvalue weighted by Crippen LogP contribution is -2.12. The molecule has 0 saturated heterocycles. The van der Waals surface area contributed by atoms with Gasteiger partial charge >= 0.3 is 0 Å². The molecule has 0 atom stereocenters. The lowest BCUT2D eigenvalue weighted by atomic mass is 10.7. The van der Waals surface area contributed by atoms with Gasteiger partial charge < -0.3 is 5.43 Å². The van der Waals surface area contributed by atoms with Crippen molar-refractivity contribution in [2.24, 2.45) is 5.84 Å². The number of hydrogen-bond donors (Lipinski definition) is 2. The number of nitrogens with two attached hydrogens (primary N) is 1. The molecule has 0 radical (unpaired) electrons. The number of allylic oxidation sites excluding steroid dienone is 1. The zero-order valence-electron chi connectivity index (χ0n) is 3.18. The Morgan fingerprint density at radius 2 is 2.50 bits per heavy atom. The van der Waals surface area contributed by atoms with Gasteiger partial charge in [0.15, 0.2) is 0 Å². The van der Waals surface area contributed by atoms with Crippen molar-refractivity contribution in [1.82, 2.24) is 5.43 Å². The van der Waals surface area contributed by atoms with Crippen LogP contribution >= 0.6 is 0 Å². The molecule has 0 amide bonds. The van der Waals surface area contributed by atoms with Crippen LogP contribution in [0.5, 0.6) is 0 Å². The summed E-state index contributed by atoms with van der Waals surface area (Å²) in [6, 6.07) is 1.75. The van der Waals surface area contributed by atoms with E-state index in [1.807, 2.05) is 0 Å². The Balaban J connectivity index is 3.02. The first-order valence-electron chi connectivity index (χ1n) is 1.42. The monoisotopic (exact) mass is 83.0 g/mol. The average Bonchev–Trinajstić information content (AvgIpc) is 1.61. The van der Waals surface area contributed by atoms with Gasteiger partial charge in [-0.05, 0) is 0 Å². The molecular weight excluding hydrogens is 78.1 g/mol. The highest BCUT2D eigenvalue weighted by atomic mass is 15.2. The molecule has 0 saturated carbocycles. The number of hydrogen-bond acceptors (Lipinski definition) is 3. The summed E-state index contributed by atoms with van der Waals surface area (Å²) in [5.74, 6) is 4.73. The summed E-state index contributed by atoms with van der Waals surface area (Å²) in [7, 11) is 0. The van der Waals surface area contributed by atoms with E-state index in [0.29, 0.717) is 0 Å². The number of nitriles is 1. The molecule has 0 rings (SSSR count). The Morgan fingerprint density at radius 3 is 2.67 bits per heavy atom. The second kappa shape index (κ2) is 3.99. The van der Waals surface area contributed by atoms with Gasteiger partial charge in [-0.1, -0.05) is 0 Å². The molecular formula is C3H5N3. The summed E-state index contributed by atoms with van der Waals surface area (Å²) in [6.07, 6.45) is 2.60. The van der Waals surface area contributed by atoms with Gasteiger partial charge in [0.05, 0.1) is 6.07 Å². The molecule has 0 aromatic carbocycles. The number of hydrazine groups is 1. The van der Waals surface area contributed by atoms with Crippen LogP contribution in [-0.4, -0.2) is 0 Å². The standard InChI is InChI=1S/C3H5N3/c4-2-1-3-6-5/h1,3,6H,5H2/b3-1+. The van der Waals surface area contributed by atoms with E-state index in [-0.39, 0.29) is 0 Å². The van der Waals surface area contributed by atoms with Crippen LogP contribution in [0.4, 0.5) is 0 Å². The SMILES string of the molecule is N#C/C=C/NN. The highest BCUT2D eigenvalue weighted by Gasteiger charge is 1.53. The first-order valence-corrected chi connectivity index (χ1v) is 1.42. The van der Waals surface area contributed by atoms with E-state index in [0.717, 1.165) is 0 Å². The Kier molecular flexibility index (Phi) is 3.32. The molecule has 0 aliphatic carbocycles. The Bertz CT molecular complexity index is 78.5. The average molecular weight is 83.1 g/mol. The van der Waals surface area contributed by atoms with Crippen LogP contribution in [0.1, 0.15) is 0 Å². The van der Waals surface area contributed by atoms with Crippen LogP contribution in [0.2, 0.25) is 0 Å². The summed E-state index contributed by atoms with van der Waals surface area (Å²) < 4.78 is 0. The van der Waals surface area contributed by atoms with Crippen molar-refractivity contribution in [2.75, 3.05) is 0 Å². The van der Waals surface area contributed by atoms with Gasteiger partial charge in [0.25, 0.3) is 0 Å². The first kappa shape index (κ1) is 4.99. The van der Waals surface area contributed by atoms with Crippen LogP contribution in [-0.2, 0) is 0 Å². The minimum absolute atomic E-state index is 1.25. The zero-order valence-corrected chi connectivity index (χ0v) is 3.18. The minimum atomic E-state index is 1.25. The van der Waals surface area contributed by atoms with E-state index in [2.05, 4.69) is 5.43 Å². The maximum absolute atomic E-state index is 7.76. The van der Waals surface area contributed by atoms with Gasteiger partial charge in [0.2, 0.25) is 0 Å². The number of rotatable bonds is 1. The van der Waals surface area contributed by atoms with Gasteiger partial charge in [0, 0.05) is 12.3 Å². The third-order valence-electron chi connectivity index (χ3n) is 0.254. The Labute approximate surface area is 36.0 Å². The molecule has 0 aromatic heterocycles. The highest BCUT2D eigenvalue weighted by Crippen LogP contribution is 1.53. The van der Waals surface area contributed by atoms with E-state index in [9.17, 15) is 0 Å². The van der Waals surface area contributed by atoms with Crippen molar-refractivity contribution in [2.45, 2.75) is 0 Å². The first-order chi connectivity index (χ1) is 2.91. The molecule has 0 aliphatic heterocycles. The normalized spacial score (nSPS) is 8.00. The van der Waals surface area contributed by atoms with E-state index >= 15 is 0 Å². The number of nitrogens with zero attached hydrogens (tertiary/aromatic N) is 1. The molecule has 0 fully saturated rings. The molecule has 0 unspecified atom stereocenters. The van der Waals surface area contributed by atoms with Crippen LogP contribution in [0.15, 0.2) is 12.3 Å². The summed E-state index contributed by atoms with van der Waals surface area (Å²) in [4.78, 5) is 0. The quantitative estimate of drug-likeness (QED) is 0.255. The fourth-order valence-electron chi connectivity index (χ4n) is 0.0854. The predicted octanol–water partition coefficient (Wildman–Crippen LogP) is -0.513. The van der Waals surface area contributed by atoms with Crippen molar-refractivity contribution in [3.05, 3.63) is 12.3 Å². The third-order valence-corrected chi connectivity index (χ3v) is 0.254. The molecule has 0 bridgehead atoms. The predicted molar refractivity (Wildman–Crippen MR) is 22.1 cm³/mol. The van der Waals surface area contributed by atoms with E-state index < -0.39 is 0 Å². The second-order valence-corrected chi connectivity index (χ2v) is 0.629. The minimum Gasteiger partial charge on any atom is -0.331 e. The molecule has 0 spiro atoms. The van der Waals surface area contributed by atoms with Crippen LogP contribution in [0, 0.1) is 11.3 Å². The molecule has 0 heterocycles. The van der Waals surface area contributed by atoms with E-state index in [1.165, 1.54) is 12.3 Å². The maximum Gasteiger partial charge on any atom is 0.0927 e. The van der Waals surface area contributed by atoms with Crippen molar-refractivity contribution in [3.63, 3.8) is 0 Å². The van der Waals surface area contributed by atoms with Crippen molar-refractivity contribution in [1.29, 1.82) is 5.26 Å². The van der Waals surface area contributed by atoms with Crippen molar-refractivity contribution >= 4 is 0 Å². The molecule has 3 heteroatoms. The highest BCUT2D eigenvalue weighted by molar-refractivity contribution is 4.99. The smallest absolute Gasteiger partial charge is 0.0927 e. The largest absolute Gasteiger partial charge is 0.331 e. The topological polar surface area (TPSA) is 61.8 Å². The van der Waals surface area contributed by atoms with Gasteiger partial charge in [-0.2, -0.15) is 5.26 Å². The fourth-order valence-corrected chi connectivity index (χ4v) is 0.0854. The second-order valence-electron chi connectivity index (χ2n) is 0.629. The van der Waals surface area contributed by atoms with Crippen LogP contribution < -0.4 is 11.3 Å². The molecule has 0 aliphatic rings. The lowest BCUT2D eigenvalue weighted by molar-refractivity contribution is 0.968. The summed E-state index contributed by atoms with van der Waals surface area (Å²) >= 11 is 0. The Morgan fingerprint density at radius 1 is 1.83 bits per heavy atom. The van der Waals surface area contributed by atoms with Crippen LogP contribution in [0.3, 0.4) is 0 Å². The lowest BCUT2D eigenvalue weighted by Gasteiger charge is -1.75. The van der Waals surface area contributed by atoms with Gasteiger partial charge in [0.1, 0.15) is 0 Å². The molecule has 6 heavy (non-hydrogen) atoms. The van der Waals surface area contributed by atoms with Gasteiger partial charge in [-0.3, -0.25) is 5.84 Å². The fraction of sp³-hybridized carbons (Fsp3) is 0. The summed E-state index contributed by atoms with van der Waals surface area (Å²) in [5, 5.41) is 7.76. The Hall–Kier alpha value is -1.01. The van der Waals surface area contributed by atoms with Crippen LogP contribution in [0.25, 0.3) is 0 Å². The molecule has 0 aromatic rings. The third kappa shape index (κ3) is 2.99. The molecule has 3 N–H and O–H groups in total. The van der Waals surface area contributed by atoms with Crippen molar-refractivity contribution < 1.29 is 0 Å². The van der Waals surface area contributed by atoms with Gasteiger partial charge in [-0.15, -0.1) is 0 Å². The van der Waals surface area contributed by atoms with E-state index in [1.54, 1.807) is 6.07 Å². The maximum atomic E-state index is 7.76. The summed E-state index contributed by atoms with van der Waals surface area (Å²) in [5.41, 5.74) is 2.17. The van der Waals surface area contributed by atoms with Gasteiger partial charge in [-0.25, -0.2) is 0 Å². The van der Waals surface area contributed by atoms with E-state index in [4.69, 9.17) is 11.1 Å². The molecule has 32 valence electrons. The molecule has 3 nitrogen and oxygen atoms in total. The summed E-state index contributed by atoms with van der Waals surface area (Å²) in [6.45, 7) is 0. The zero-order chi connectivity index (χ0) is 4.83. The van der Waals surface area contributed by atoms with Crippen molar-refractivity contribution in [3.8, 4) is 6.07 Å².